The smallest absolute Gasteiger partial charge is 0.297 e. The van der Waals surface area contributed by atoms with Crippen molar-refractivity contribution in [2.24, 2.45) is 12.0 Å². The SMILES string of the molecule is CCn1nccc1C(=O)N=c1sc2cc(C)c(C)cc2n1C. The van der Waals surface area contributed by atoms with Crippen molar-refractivity contribution in [3.63, 3.8) is 0 Å². The van der Waals surface area contributed by atoms with Gasteiger partial charge in [0.05, 0.1) is 10.2 Å². The van der Waals surface area contributed by atoms with Crippen molar-refractivity contribution >= 4 is 27.5 Å². The average Bonchev–Trinajstić information content (AvgIpc) is 3.07. The molecular formula is C16H18N4OS. The summed E-state index contributed by atoms with van der Waals surface area (Å²) >= 11 is 1.53. The summed E-state index contributed by atoms with van der Waals surface area (Å²) in [6.45, 7) is 6.79. The molecule has 0 N–H and O–H groups in total. The maximum Gasteiger partial charge on any atom is 0.297 e. The molecule has 0 unspecified atom stereocenters. The van der Waals surface area contributed by atoms with Gasteiger partial charge in [-0.1, -0.05) is 11.3 Å². The first-order valence-corrected chi connectivity index (χ1v) is 8.00. The minimum Gasteiger partial charge on any atom is -0.319 e. The molecule has 0 atom stereocenters. The highest BCUT2D eigenvalue weighted by Crippen LogP contribution is 2.21. The van der Waals surface area contributed by atoms with E-state index in [1.54, 1.807) is 16.9 Å². The second-order valence-corrected chi connectivity index (χ2v) is 6.31. The molecule has 0 radical (unpaired) electrons. The number of aryl methyl sites for hydroxylation is 4. The normalized spacial score (nSPS) is 12.3. The van der Waals surface area contributed by atoms with Crippen molar-refractivity contribution < 1.29 is 4.79 Å². The summed E-state index contributed by atoms with van der Waals surface area (Å²) in [6.07, 6.45) is 1.63. The van der Waals surface area contributed by atoms with Crippen LogP contribution in [0.2, 0.25) is 0 Å². The largest absolute Gasteiger partial charge is 0.319 e. The molecule has 5 nitrogen and oxygen atoms in total. The van der Waals surface area contributed by atoms with Crippen molar-refractivity contribution in [2.45, 2.75) is 27.3 Å². The van der Waals surface area contributed by atoms with E-state index in [2.05, 4.69) is 36.1 Å². The second-order valence-electron chi connectivity index (χ2n) is 5.30. The lowest BCUT2D eigenvalue weighted by Crippen LogP contribution is -2.15. The molecule has 1 aromatic carbocycles. The van der Waals surface area contributed by atoms with Crippen LogP contribution in [0.1, 0.15) is 28.5 Å². The fraction of sp³-hybridized carbons (Fsp3) is 0.312. The molecule has 0 aliphatic carbocycles. The third-order valence-electron chi connectivity index (χ3n) is 3.86. The van der Waals surface area contributed by atoms with Crippen molar-refractivity contribution in [1.29, 1.82) is 0 Å². The molecule has 114 valence electrons. The Bertz CT molecular complexity index is 929. The molecule has 3 rings (SSSR count). The number of amides is 1. The van der Waals surface area contributed by atoms with E-state index in [1.165, 1.54) is 22.5 Å². The van der Waals surface area contributed by atoms with Crippen LogP contribution in [0.25, 0.3) is 10.2 Å². The molecule has 0 aliphatic rings. The van der Waals surface area contributed by atoms with Crippen molar-refractivity contribution in [3.8, 4) is 0 Å². The summed E-state index contributed by atoms with van der Waals surface area (Å²) in [5.41, 5.74) is 4.11. The Kier molecular flexibility index (Phi) is 3.70. The summed E-state index contributed by atoms with van der Waals surface area (Å²) in [7, 11) is 1.94. The summed E-state index contributed by atoms with van der Waals surface area (Å²) in [6, 6.07) is 5.99. The van der Waals surface area contributed by atoms with Gasteiger partial charge in [-0.15, -0.1) is 0 Å². The number of carbonyl (C=O) groups is 1. The van der Waals surface area contributed by atoms with E-state index in [0.717, 1.165) is 10.2 Å². The number of carbonyl (C=O) groups excluding carboxylic acids is 1. The molecule has 1 amide bonds. The molecule has 2 heterocycles. The zero-order valence-electron chi connectivity index (χ0n) is 13.1. The number of aromatic nitrogens is 3. The lowest BCUT2D eigenvalue weighted by atomic mass is 10.1. The Balaban J connectivity index is 2.13. The Labute approximate surface area is 132 Å². The number of rotatable bonds is 2. The van der Waals surface area contributed by atoms with Gasteiger partial charge >= 0.3 is 0 Å². The Hall–Kier alpha value is -2.21. The van der Waals surface area contributed by atoms with Crippen LogP contribution in [0.3, 0.4) is 0 Å². The van der Waals surface area contributed by atoms with Crippen LogP contribution < -0.4 is 4.80 Å². The number of fused-ring (bicyclic) bond motifs is 1. The summed E-state index contributed by atoms with van der Waals surface area (Å²) < 4.78 is 4.77. The van der Waals surface area contributed by atoms with Gasteiger partial charge in [0, 0.05) is 19.8 Å². The van der Waals surface area contributed by atoms with Gasteiger partial charge in [0.2, 0.25) is 0 Å². The highest BCUT2D eigenvalue weighted by atomic mass is 32.1. The van der Waals surface area contributed by atoms with Gasteiger partial charge in [0.25, 0.3) is 5.91 Å². The van der Waals surface area contributed by atoms with E-state index >= 15 is 0 Å². The molecule has 2 aromatic heterocycles. The van der Waals surface area contributed by atoms with Gasteiger partial charge in [-0.25, -0.2) is 0 Å². The van der Waals surface area contributed by atoms with Crippen molar-refractivity contribution in [3.05, 3.63) is 46.0 Å². The van der Waals surface area contributed by atoms with Gasteiger partial charge in [0.1, 0.15) is 5.69 Å². The van der Waals surface area contributed by atoms with Gasteiger partial charge in [0.15, 0.2) is 4.80 Å². The van der Waals surface area contributed by atoms with Crippen LogP contribution in [-0.4, -0.2) is 20.3 Å². The monoisotopic (exact) mass is 314 g/mol. The first-order chi connectivity index (χ1) is 10.5. The molecule has 0 saturated heterocycles. The first kappa shape index (κ1) is 14.7. The number of nitrogens with zero attached hydrogens (tertiary/aromatic N) is 4. The maximum absolute atomic E-state index is 12.4. The quantitative estimate of drug-likeness (QED) is 0.730. The molecule has 0 fully saturated rings. The second kappa shape index (κ2) is 5.53. The molecule has 22 heavy (non-hydrogen) atoms. The fourth-order valence-electron chi connectivity index (χ4n) is 2.40. The van der Waals surface area contributed by atoms with E-state index in [9.17, 15) is 4.79 Å². The molecule has 0 saturated carbocycles. The summed E-state index contributed by atoms with van der Waals surface area (Å²) in [5.74, 6) is -0.255. The average molecular weight is 314 g/mol. The number of benzene rings is 1. The zero-order chi connectivity index (χ0) is 15.9. The van der Waals surface area contributed by atoms with Crippen LogP contribution >= 0.6 is 11.3 Å². The molecule has 0 spiro atoms. The van der Waals surface area contributed by atoms with E-state index in [0.29, 0.717) is 17.0 Å². The zero-order valence-corrected chi connectivity index (χ0v) is 13.9. The standard InChI is InChI=1S/C16H18N4OS/c1-5-20-12(6-7-17-20)15(21)18-16-19(4)13-8-10(2)11(3)9-14(13)22-16/h6-9H,5H2,1-4H3. The van der Waals surface area contributed by atoms with Crippen molar-refractivity contribution in [1.82, 2.24) is 14.3 Å². The topological polar surface area (TPSA) is 52.2 Å². The van der Waals surface area contributed by atoms with Gasteiger partial charge < -0.3 is 4.57 Å². The van der Waals surface area contributed by atoms with Gasteiger partial charge in [-0.2, -0.15) is 10.1 Å². The molecule has 0 aliphatic heterocycles. The van der Waals surface area contributed by atoms with Crippen LogP contribution in [0.15, 0.2) is 29.4 Å². The Morgan fingerprint density at radius 3 is 2.77 bits per heavy atom. The minimum atomic E-state index is -0.255. The van der Waals surface area contributed by atoms with Crippen molar-refractivity contribution in [2.75, 3.05) is 0 Å². The Morgan fingerprint density at radius 1 is 1.32 bits per heavy atom. The van der Waals surface area contributed by atoms with Crippen LogP contribution in [0.5, 0.6) is 0 Å². The van der Waals surface area contributed by atoms with Crippen LogP contribution in [0.4, 0.5) is 0 Å². The predicted octanol–water partition coefficient (Wildman–Crippen LogP) is 2.81. The van der Waals surface area contributed by atoms with Gasteiger partial charge in [-0.05, 0) is 50.1 Å². The fourth-order valence-corrected chi connectivity index (χ4v) is 3.49. The van der Waals surface area contributed by atoms with Crippen LogP contribution in [0, 0.1) is 13.8 Å². The molecule has 6 heteroatoms. The van der Waals surface area contributed by atoms with E-state index < -0.39 is 0 Å². The number of hydrogen-bond donors (Lipinski definition) is 0. The van der Waals surface area contributed by atoms with E-state index in [4.69, 9.17) is 0 Å². The first-order valence-electron chi connectivity index (χ1n) is 7.19. The third-order valence-corrected chi connectivity index (χ3v) is 4.95. The molecular weight excluding hydrogens is 296 g/mol. The molecule has 0 bridgehead atoms. The third kappa shape index (κ3) is 2.39. The maximum atomic E-state index is 12.4. The lowest BCUT2D eigenvalue weighted by Gasteiger charge is -2.01. The minimum absolute atomic E-state index is 0.255. The van der Waals surface area contributed by atoms with E-state index in [-0.39, 0.29) is 5.91 Å². The Morgan fingerprint density at radius 2 is 2.05 bits per heavy atom. The number of hydrogen-bond acceptors (Lipinski definition) is 3. The van der Waals surface area contributed by atoms with Gasteiger partial charge in [-0.3, -0.25) is 9.48 Å². The summed E-state index contributed by atoms with van der Waals surface area (Å²) in [5, 5.41) is 4.12. The lowest BCUT2D eigenvalue weighted by molar-refractivity contribution is 0.0988. The predicted molar refractivity (Wildman–Crippen MR) is 88.1 cm³/mol. The molecule has 3 aromatic rings. The number of thiazole rings is 1. The van der Waals surface area contributed by atoms with Crippen LogP contribution in [-0.2, 0) is 13.6 Å². The summed E-state index contributed by atoms with van der Waals surface area (Å²) in [4.78, 5) is 17.4. The van der Waals surface area contributed by atoms with E-state index in [1.807, 2.05) is 18.5 Å². The highest BCUT2D eigenvalue weighted by Gasteiger charge is 2.11. The highest BCUT2D eigenvalue weighted by molar-refractivity contribution is 7.16.